The van der Waals surface area contributed by atoms with Crippen molar-refractivity contribution in [2.75, 3.05) is 6.54 Å². The van der Waals surface area contributed by atoms with Gasteiger partial charge in [-0.1, -0.05) is 39.3 Å². The lowest BCUT2D eigenvalue weighted by Gasteiger charge is -2.23. The van der Waals surface area contributed by atoms with Gasteiger partial charge in [0.05, 0.1) is 0 Å². The summed E-state index contributed by atoms with van der Waals surface area (Å²) in [6.45, 7) is 8.95. The second-order valence-electron chi connectivity index (χ2n) is 7.58. The first kappa shape index (κ1) is 17.8. The Morgan fingerprint density at radius 1 is 1.30 bits per heavy atom. The van der Waals surface area contributed by atoms with E-state index in [4.69, 9.17) is 10.5 Å². The van der Waals surface area contributed by atoms with E-state index < -0.39 is 6.10 Å². The largest absolute Gasteiger partial charge is 0.481 e. The van der Waals surface area contributed by atoms with Crippen LogP contribution >= 0.6 is 0 Å². The van der Waals surface area contributed by atoms with Crippen molar-refractivity contribution in [2.24, 2.45) is 11.7 Å². The van der Waals surface area contributed by atoms with Gasteiger partial charge >= 0.3 is 0 Å². The van der Waals surface area contributed by atoms with Gasteiger partial charge in [0, 0.05) is 6.04 Å². The van der Waals surface area contributed by atoms with Crippen LogP contribution in [0, 0.1) is 5.92 Å². The average molecular weight is 318 g/mol. The summed E-state index contributed by atoms with van der Waals surface area (Å²) >= 11 is 0. The van der Waals surface area contributed by atoms with Crippen LogP contribution in [0.1, 0.15) is 52.5 Å². The average Bonchev–Trinajstić information content (AvgIpc) is 2.94. The van der Waals surface area contributed by atoms with E-state index >= 15 is 0 Å². The number of amides is 1. The van der Waals surface area contributed by atoms with Gasteiger partial charge in [-0.3, -0.25) is 4.79 Å². The number of hydrogen-bond acceptors (Lipinski definition) is 3. The normalized spacial score (nSPS) is 22.7. The van der Waals surface area contributed by atoms with Gasteiger partial charge < -0.3 is 15.8 Å². The maximum Gasteiger partial charge on any atom is 0.261 e. The maximum atomic E-state index is 12.3. The maximum absolute atomic E-state index is 12.3. The van der Waals surface area contributed by atoms with Crippen molar-refractivity contribution < 1.29 is 9.53 Å². The molecule has 0 bridgehead atoms. The second kappa shape index (κ2) is 7.35. The summed E-state index contributed by atoms with van der Waals surface area (Å²) < 4.78 is 5.78. The van der Waals surface area contributed by atoms with Gasteiger partial charge in [-0.15, -0.1) is 0 Å². The molecule has 3 atom stereocenters. The van der Waals surface area contributed by atoms with E-state index in [2.05, 4.69) is 38.2 Å². The van der Waals surface area contributed by atoms with Gasteiger partial charge in [0.2, 0.25) is 0 Å². The zero-order valence-corrected chi connectivity index (χ0v) is 14.8. The zero-order chi connectivity index (χ0) is 17.0. The van der Waals surface area contributed by atoms with Crippen LogP contribution in [0.5, 0.6) is 5.75 Å². The van der Waals surface area contributed by atoms with Gasteiger partial charge in [-0.05, 0) is 55.3 Å². The molecule has 0 spiro atoms. The van der Waals surface area contributed by atoms with Crippen molar-refractivity contribution in [1.82, 2.24) is 5.32 Å². The smallest absolute Gasteiger partial charge is 0.261 e. The van der Waals surface area contributed by atoms with Crippen molar-refractivity contribution in [2.45, 2.75) is 64.5 Å². The fourth-order valence-corrected chi connectivity index (χ4v) is 3.10. The molecule has 1 fully saturated rings. The van der Waals surface area contributed by atoms with Gasteiger partial charge in [0.25, 0.3) is 5.91 Å². The molecule has 4 heteroatoms. The van der Waals surface area contributed by atoms with Crippen LogP contribution in [0.3, 0.4) is 0 Å². The summed E-state index contributed by atoms with van der Waals surface area (Å²) in [5.41, 5.74) is 7.13. The summed E-state index contributed by atoms with van der Waals surface area (Å²) in [4.78, 5) is 12.3. The van der Waals surface area contributed by atoms with Crippen molar-refractivity contribution in [3.8, 4) is 5.75 Å². The number of hydrogen-bond donors (Lipinski definition) is 2. The zero-order valence-electron chi connectivity index (χ0n) is 14.8. The third-order valence-electron chi connectivity index (χ3n) is 4.69. The number of ether oxygens (including phenoxy) is 1. The molecule has 1 aromatic rings. The Labute approximate surface area is 139 Å². The SMILES string of the molecule is CC(Oc1ccc(C(C)(C)C)cc1)C(=O)NC1CCCC1CN. The lowest BCUT2D eigenvalue weighted by atomic mass is 9.87. The van der Waals surface area contributed by atoms with Gasteiger partial charge in [0.15, 0.2) is 6.10 Å². The minimum atomic E-state index is -0.505. The van der Waals surface area contributed by atoms with Gasteiger partial charge in [0.1, 0.15) is 5.75 Å². The van der Waals surface area contributed by atoms with E-state index in [9.17, 15) is 4.79 Å². The van der Waals surface area contributed by atoms with E-state index in [0.29, 0.717) is 12.5 Å². The molecule has 0 saturated heterocycles. The molecule has 2 rings (SSSR count). The van der Waals surface area contributed by atoms with Crippen LogP contribution in [0.25, 0.3) is 0 Å². The molecule has 4 nitrogen and oxygen atoms in total. The third kappa shape index (κ3) is 4.71. The number of rotatable bonds is 5. The molecule has 1 aliphatic rings. The lowest BCUT2D eigenvalue weighted by Crippen LogP contribution is -2.45. The summed E-state index contributed by atoms with van der Waals surface area (Å²) in [7, 11) is 0. The molecule has 0 aliphatic heterocycles. The van der Waals surface area contributed by atoms with Crippen LogP contribution in [0.2, 0.25) is 0 Å². The summed E-state index contributed by atoms with van der Waals surface area (Å²) in [5, 5.41) is 3.09. The van der Waals surface area contributed by atoms with Crippen LogP contribution < -0.4 is 15.8 Å². The predicted octanol–water partition coefficient (Wildman–Crippen LogP) is 3.00. The Morgan fingerprint density at radius 2 is 1.96 bits per heavy atom. The quantitative estimate of drug-likeness (QED) is 0.877. The minimum absolute atomic E-state index is 0.0600. The molecule has 23 heavy (non-hydrogen) atoms. The summed E-state index contributed by atoms with van der Waals surface area (Å²) in [6, 6.07) is 8.18. The van der Waals surface area contributed by atoms with Crippen LogP contribution in [-0.2, 0) is 10.2 Å². The number of benzene rings is 1. The highest BCUT2D eigenvalue weighted by molar-refractivity contribution is 5.81. The van der Waals surface area contributed by atoms with E-state index in [1.54, 1.807) is 6.92 Å². The first-order chi connectivity index (χ1) is 10.8. The highest BCUT2D eigenvalue weighted by Crippen LogP contribution is 2.26. The molecular weight excluding hydrogens is 288 g/mol. The van der Waals surface area contributed by atoms with Crippen molar-refractivity contribution >= 4 is 5.91 Å². The molecule has 0 heterocycles. The van der Waals surface area contributed by atoms with E-state index in [0.717, 1.165) is 25.0 Å². The first-order valence-electron chi connectivity index (χ1n) is 8.59. The Balaban J connectivity index is 1.90. The number of nitrogens with one attached hydrogen (secondary N) is 1. The van der Waals surface area contributed by atoms with E-state index in [-0.39, 0.29) is 17.4 Å². The van der Waals surface area contributed by atoms with Gasteiger partial charge in [-0.25, -0.2) is 0 Å². The number of carbonyl (C=O) groups is 1. The van der Waals surface area contributed by atoms with Crippen molar-refractivity contribution in [3.05, 3.63) is 29.8 Å². The van der Waals surface area contributed by atoms with Crippen molar-refractivity contribution in [1.29, 1.82) is 0 Å². The minimum Gasteiger partial charge on any atom is -0.481 e. The number of carbonyl (C=O) groups excluding carboxylic acids is 1. The Bertz CT molecular complexity index is 519. The van der Waals surface area contributed by atoms with E-state index in [1.165, 1.54) is 5.56 Å². The van der Waals surface area contributed by atoms with Gasteiger partial charge in [-0.2, -0.15) is 0 Å². The molecule has 1 aromatic carbocycles. The molecule has 1 amide bonds. The fourth-order valence-electron chi connectivity index (χ4n) is 3.10. The molecule has 1 saturated carbocycles. The molecule has 1 aliphatic carbocycles. The van der Waals surface area contributed by atoms with Crippen LogP contribution in [0.15, 0.2) is 24.3 Å². The standard InChI is InChI=1S/C19H30N2O2/c1-13(18(22)21-17-7-5-6-14(17)12-20)23-16-10-8-15(9-11-16)19(2,3)4/h8-11,13-14,17H,5-7,12,20H2,1-4H3,(H,21,22). The van der Waals surface area contributed by atoms with E-state index in [1.807, 2.05) is 12.1 Å². The number of nitrogens with two attached hydrogens (primary N) is 1. The summed E-state index contributed by atoms with van der Waals surface area (Å²) in [6.07, 6.45) is 2.75. The Morgan fingerprint density at radius 3 is 2.52 bits per heavy atom. The predicted molar refractivity (Wildman–Crippen MR) is 93.6 cm³/mol. The Hall–Kier alpha value is -1.55. The summed E-state index contributed by atoms with van der Waals surface area (Å²) in [5.74, 6) is 1.06. The van der Waals surface area contributed by atoms with Crippen LogP contribution in [0.4, 0.5) is 0 Å². The second-order valence-corrected chi connectivity index (χ2v) is 7.58. The fraction of sp³-hybridized carbons (Fsp3) is 0.632. The monoisotopic (exact) mass is 318 g/mol. The molecule has 128 valence electrons. The Kier molecular flexibility index (Phi) is 5.69. The van der Waals surface area contributed by atoms with Crippen LogP contribution in [-0.4, -0.2) is 24.6 Å². The molecule has 3 unspecified atom stereocenters. The topological polar surface area (TPSA) is 64.3 Å². The lowest BCUT2D eigenvalue weighted by molar-refractivity contribution is -0.128. The molecule has 0 radical (unpaired) electrons. The first-order valence-corrected chi connectivity index (χ1v) is 8.59. The third-order valence-corrected chi connectivity index (χ3v) is 4.69. The highest BCUT2D eigenvalue weighted by atomic mass is 16.5. The molecular formula is C19H30N2O2. The molecule has 3 N–H and O–H groups in total. The molecule has 0 aromatic heterocycles. The van der Waals surface area contributed by atoms with Crippen molar-refractivity contribution in [3.63, 3.8) is 0 Å². The highest BCUT2D eigenvalue weighted by Gasteiger charge is 2.29.